The van der Waals surface area contributed by atoms with Crippen molar-refractivity contribution in [2.24, 2.45) is 11.7 Å². The number of rotatable bonds is 6. The van der Waals surface area contributed by atoms with Gasteiger partial charge in [-0.1, -0.05) is 13.8 Å². The number of nitrogens with two attached hydrogens (primary N) is 1. The van der Waals surface area contributed by atoms with Gasteiger partial charge in [0.15, 0.2) is 0 Å². The molecule has 0 unspecified atom stereocenters. The molecule has 0 amide bonds. The van der Waals surface area contributed by atoms with Crippen molar-refractivity contribution < 1.29 is 9.53 Å². The average Bonchev–Trinajstić information content (AvgIpc) is 2.00. The maximum Gasteiger partial charge on any atom is 0.305 e. The molecule has 0 fully saturated rings. The van der Waals surface area contributed by atoms with E-state index >= 15 is 0 Å². The van der Waals surface area contributed by atoms with Crippen molar-refractivity contribution >= 4 is 5.97 Å². The zero-order valence-electron chi connectivity index (χ0n) is 8.88. The molecule has 0 heterocycles. The first-order chi connectivity index (χ1) is 6.06. The van der Waals surface area contributed by atoms with Crippen LogP contribution in [0.3, 0.4) is 0 Å². The number of esters is 1. The van der Waals surface area contributed by atoms with Gasteiger partial charge in [-0.25, -0.2) is 0 Å². The highest BCUT2D eigenvalue weighted by molar-refractivity contribution is 5.69. The number of carbonyl (C=O) groups excluding carboxylic acids is 1. The lowest BCUT2D eigenvalue weighted by Gasteiger charge is -2.12. The Morgan fingerprint density at radius 2 is 2.08 bits per heavy atom. The van der Waals surface area contributed by atoms with Crippen LogP contribution in [0.2, 0.25) is 0 Å². The molecule has 0 bridgehead atoms. The van der Waals surface area contributed by atoms with Crippen LogP contribution in [0.1, 0.15) is 40.0 Å². The molecule has 3 nitrogen and oxygen atoms in total. The Balaban J connectivity index is 3.45. The summed E-state index contributed by atoms with van der Waals surface area (Å²) < 4.78 is 4.80. The molecule has 0 spiro atoms. The summed E-state index contributed by atoms with van der Waals surface area (Å²) in [5.41, 5.74) is 5.81. The van der Waals surface area contributed by atoms with Crippen LogP contribution in [0.15, 0.2) is 0 Å². The molecule has 0 aromatic carbocycles. The molecule has 0 saturated heterocycles. The summed E-state index contributed by atoms with van der Waals surface area (Å²) in [6.45, 7) is 6.53. The van der Waals surface area contributed by atoms with Crippen molar-refractivity contribution in [3.63, 3.8) is 0 Å². The Morgan fingerprint density at radius 1 is 1.46 bits per heavy atom. The minimum atomic E-state index is -0.137. The number of ether oxygens (including phenoxy) is 1. The van der Waals surface area contributed by atoms with Crippen LogP contribution in [0.5, 0.6) is 0 Å². The van der Waals surface area contributed by atoms with Gasteiger partial charge in [0, 0.05) is 12.5 Å². The quantitative estimate of drug-likeness (QED) is 0.644. The summed E-state index contributed by atoms with van der Waals surface area (Å²) in [5, 5.41) is 0. The second-order valence-electron chi connectivity index (χ2n) is 3.73. The topological polar surface area (TPSA) is 52.3 Å². The van der Waals surface area contributed by atoms with E-state index in [1.807, 2.05) is 6.92 Å². The summed E-state index contributed by atoms with van der Waals surface area (Å²) in [6, 6.07) is 0.129. The molecule has 0 aliphatic carbocycles. The zero-order valence-corrected chi connectivity index (χ0v) is 8.88. The molecule has 0 aliphatic rings. The first-order valence-corrected chi connectivity index (χ1v) is 4.97. The summed E-state index contributed by atoms with van der Waals surface area (Å²) in [7, 11) is 0. The molecule has 0 saturated carbocycles. The monoisotopic (exact) mass is 187 g/mol. The third-order valence-electron chi connectivity index (χ3n) is 1.80. The standard InChI is InChI=1S/C10H21NO2/c1-4-13-10(12)6-5-9(11)7-8(2)3/h8-9H,4-7,11H2,1-3H3/t9-/m1/s1. The van der Waals surface area contributed by atoms with Crippen molar-refractivity contribution in [2.75, 3.05) is 6.61 Å². The van der Waals surface area contributed by atoms with Crippen molar-refractivity contribution in [1.29, 1.82) is 0 Å². The molecular weight excluding hydrogens is 166 g/mol. The van der Waals surface area contributed by atoms with E-state index in [1.54, 1.807) is 0 Å². The second kappa shape index (κ2) is 6.89. The first kappa shape index (κ1) is 12.4. The SMILES string of the molecule is CCOC(=O)CC[C@@H](N)CC(C)C. The molecular formula is C10H21NO2. The zero-order chi connectivity index (χ0) is 10.3. The van der Waals surface area contributed by atoms with Gasteiger partial charge in [-0.3, -0.25) is 4.79 Å². The summed E-state index contributed by atoms with van der Waals surface area (Å²) in [5.74, 6) is 0.457. The van der Waals surface area contributed by atoms with E-state index in [4.69, 9.17) is 10.5 Å². The third kappa shape index (κ3) is 7.78. The molecule has 1 atom stereocenters. The van der Waals surface area contributed by atoms with E-state index < -0.39 is 0 Å². The maximum absolute atomic E-state index is 11.0. The fourth-order valence-electron chi connectivity index (χ4n) is 1.26. The van der Waals surface area contributed by atoms with E-state index in [1.165, 1.54) is 0 Å². The van der Waals surface area contributed by atoms with Crippen molar-refractivity contribution in [3.8, 4) is 0 Å². The van der Waals surface area contributed by atoms with Crippen LogP contribution in [-0.2, 0) is 9.53 Å². The van der Waals surface area contributed by atoms with Crippen molar-refractivity contribution in [1.82, 2.24) is 0 Å². The molecule has 0 aromatic heterocycles. The first-order valence-electron chi connectivity index (χ1n) is 4.97. The third-order valence-corrected chi connectivity index (χ3v) is 1.80. The van der Waals surface area contributed by atoms with E-state index in [2.05, 4.69) is 13.8 Å². The molecule has 0 aliphatic heterocycles. The van der Waals surface area contributed by atoms with Gasteiger partial charge in [0.1, 0.15) is 0 Å². The Labute approximate surface area is 80.6 Å². The van der Waals surface area contributed by atoms with Gasteiger partial charge in [-0.05, 0) is 25.7 Å². The van der Waals surface area contributed by atoms with Gasteiger partial charge in [0.2, 0.25) is 0 Å². The summed E-state index contributed by atoms with van der Waals surface area (Å²) in [6.07, 6.45) is 2.15. The molecule has 2 N–H and O–H groups in total. The molecule has 78 valence electrons. The Hall–Kier alpha value is -0.570. The number of hydrogen-bond acceptors (Lipinski definition) is 3. The van der Waals surface area contributed by atoms with Gasteiger partial charge in [-0.2, -0.15) is 0 Å². The minimum Gasteiger partial charge on any atom is -0.466 e. The van der Waals surface area contributed by atoms with Crippen LogP contribution in [-0.4, -0.2) is 18.6 Å². The highest BCUT2D eigenvalue weighted by Crippen LogP contribution is 2.07. The van der Waals surface area contributed by atoms with Gasteiger partial charge in [0.25, 0.3) is 0 Å². The predicted molar refractivity (Wildman–Crippen MR) is 53.3 cm³/mol. The molecule has 13 heavy (non-hydrogen) atoms. The van der Waals surface area contributed by atoms with Gasteiger partial charge >= 0.3 is 5.97 Å². The molecule has 0 rings (SSSR count). The van der Waals surface area contributed by atoms with E-state index in [-0.39, 0.29) is 12.0 Å². The van der Waals surface area contributed by atoms with Crippen LogP contribution in [0, 0.1) is 5.92 Å². The lowest BCUT2D eigenvalue weighted by atomic mass is 10.0. The van der Waals surface area contributed by atoms with Gasteiger partial charge in [0.05, 0.1) is 6.61 Å². The molecule has 3 heteroatoms. The maximum atomic E-state index is 11.0. The fourth-order valence-corrected chi connectivity index (χ4v) is 1.26. The highest BCUT2D eigenvalue weighted by atomic mass is 16.5. The average molecular weight is 187 g/mol. The predicted octanol–water partition coefficient (Wildman–Crippen LogP) is 1.70. The Morgan fingerprint density at radius 3 is 2.54 bits per heavy atom. The molecule has 0 radical (unpaired) electrons. The van der Waals surface area contributed by atoms with Crippen LogP contribution >= 0.6 is 0 Å². The van der Waals surface area contributed by atoms with Crippen LogP contribution in [0.4, 0.5) is 0 Å². The number of hydrogen-bond donors (Lipinski definition) is 1. The number of carbonyl (C=O) groups is 1. The second-order valence-corrected chi connectivity index (χ2v) is 3.73. The minimum absolute atomic E-state index is 0.129. The van der Waals surface area contributed by atoms with E-state index in [9.17, 15) is 4.79 Å². The van der Waals surface area contributed by atoms with Gasteiger partial charge < -0.3 is 10.5 Å². The Bertz CT molecular complexity index is 146. The van der Waals surface area contributed by atoms with E-state index in [0.717, 1.165) is 12.8 Å². The molecule has 0 aromatic rings. The largest absolute Gasteiger partial charge is 0.466 e. The van der Waals surface area contributed by atoms with Crippen LogP contribution in [0.25, 0.3) is 0 Å². The Kier molecular flexibility index (Phi) is 6.59. The van der Waals surface area contributed by atoms with Crippen LogP contribution < -0.4 is 5.73 Å². The van der Waals surface area contributed by atoms with Crippen molar-refractivity contribution in [3.05, 3.63) is 0 Å². The fraction of sp³-hybridized carbons (Fsp3) is 0.900. The normalized spacial score (nSPS) is 13.0. The summed E-state index contributed by atoms with van der Waals surface area (Å²) in [4.78, 5) is 11.0. The van der Waals surface area contributed by atoms with Gasteiger partial charge in [-0.15, -0.1) is 0 Å². The lowest BCUT2D eigenvalue weighted by Crippen LogP contribution is -2.23. The summed E-state index contributed by atoms with van der Waals surface area (Å²) >= 11 is 0. The lowest BCUT2D eigenvalue weighted by molar-refractivity contribution is -0.143. The highest BCUT2D eigenvalue weighted by Gasteiger charge is 2.08. The smallest absolute Gasteiger partial charge is 0.305 e. The van der Waals surface area contributed by atoms with Crippen molar-refractivity contribution in [2.45, 2.75) is 46.1 Å². The van der Waals surface area contributed by atoms with E-state index in [0.29, 0.717) is 18.9 Å².